The van der Waals surface area contributed by atoms with Crippen LogP contribution in [0.15, 0.2) is 126 Å². The molecular weight excluding hydrogens is 787 g/mol. The van der Waals surface area contributed by atoms with Crippen LogP contribution in [0.2, 0.25) is 0 Å². The molecule has 5 fully saturated rings. The summed E-state index contributed by atoms with van der Waals surface area (Å²) in [6.45, 7) is 7.91. The molecule has 0 aliphatic carbocycles. The first-order valence-electron chi connectivity index (χ1n) is 20.6. The standard InChI is InChI=1S/C47H53NO11S/c1-30-39(51-26-32-17-9-5-10-18-32)42(52-27-33-19-11-6-12-20-33)43(53-28-34-21-13-7-14-22-34)44(55-30)57-36-25-47(60-35-23-15-8-16-24-35)45(50)48-38(36)41(59-47)40(56-31(2)49)37-29-54-46(3,4)58-37/h5-24,30,36-44H,25-29H2,1-4H3,(H,48,50)/t30-,36?,37+,38?,39+,40+,41?,42+,43-,44?,47?/m0/s1. The second kappa shape index (κ2) is 18.9. The lowest BCUT2D eigenvalue weighted by molar-refractivity contribution is -0.340. The van der Waals surface area contributed by atoms with E-state index in [1.807, 2.05) is 128 Å². The van der Waals surface area contributed by atoms with Gasteiger partial charge in [-0.25, -0.2) is 0 Å². The van der Waals surface area contributed by atoms with Gasteiger partial charge < -0.3 is 47.9 Å². The average Bonchev–Trinajstić information content (AvgIpc) is 3.62. The van der Waals surface area contributed by atoms with Crippen LogP contribution in [0.1, 0.15) is 50.8 Å². The van der Waals surface area contributed by atoms with Crippen molar-refractivity contribution in [3.05, 3.63) is 138 Å². The fourth-order valence-electron chi connectivity index (χ4n) is 8.30. The van der Waals surface area contributed by atoms with Crippen molar-refractivity contribution in [3.63, 3.8) is 0 Å². The molecule has 4 aromatic rings. The van der Waals surface area contributed by atoms with E-state index in [-0.39, 0.29) is 25.5 Å². The Kier molecular flexibility index (Phi) is 13.4. The van der Waals surface area contributed by atoms with E-state index in [2.05, 4.69) is 5.32 Å². The van der Waals surface area contributed by atoms with Gasteiger partial charge >= 0.3 is 5.97 Å². The Hall–Kier alpha value is -4.15. The number of esters is 1. The number of fused-ring (bicyclic) bond motifs is 3. The maximum Gasteiger partial charge on any atom is 0.303 e. The maximum absolute atomic E-state index is 14.1. The number of amides is 1. The number of rotatable bonds is 16. The Morgan fingerprint density at radius 1 is 0.767 bits per heavy atom. The molecule has 60 heavy (non-hydrogen) atoms. The SMILES string of the molecule is CC(=O)O[C@@H](C1OC2(Sc3ccccc3)CC(OC3O[C@@H](C)[C@@H](OCc4ccccc4)[C@@H](OCc4ccccc4)[C@@H]3OCc3ccccc3)C1NC2=O)[C@H]1COC(C)(C)O1. The monoisotopic (exact) mass is 839 g/mol. The van der Waals surface area contributed by atoms with Gasteiger partial charge in [0, 0.05) is 18.2 Å². The van der Waals surface area contributed by atoms with E-state index in [0.29, 0.717) is 13.2 Å². The van der Waals surface area contributed by atoms with Crippen LogP contribution >= 0.6 is 11.8 Å². The zero-order valence-corrected chi connectivity index (χ0v) is 35.1. The summed E-state index contributed by atoms with van der Waals surface area (Å²) in [7, 11) is 0. The predicted molar refractivity (Wildman–Crippen MR) is 221 cm³/mol. The third-order valence-electron chi connectivity index (χ3n) is 11.1. The number of nitrogens with one attached hydrogen (secondary N) is 1. The predicted octanol–water partition coefficient (Wildman–Crippen LogP) is 6.73. The van der Waals surface area contributed by atoms with Crippen LogP contribution in [0.3, 0.4) is 0 Å². The first kappa shape index (κ1) is 42.5. The summed E-state index contributed by atoms with van der Waals surface area (Å²) in [5.74, 6) is -1.75. The van der Waals surface area contributed by atoms with E-state index >= 15 is 0 Å². The third-order valence-corrected chi connectivity index (χ3v) is 12.4. The van der Waals surface area contributed by atoms with Crippen LogP contribution in [0.25, 0.3) is 0 Å². The highest BCUT2D eigenvalue weighted by atomic mass is 32.2. The normalized spacial score (nSPS) is 31.3. The lowest BCUT2D eigenvalue weighted by Gasteiger charge is -2.55. The number of hydrogen-bond donors (Lipinski definition) is 1. The minimum Gasteiger partial charge on any atom is -0.457 e. The minimum absolute atomic E-state index is 0.152. The fourth-order valence-corrected chi connectivity index (χ4v) is 9.53. The fraction of sp³-hybridized carbons (Fsp3) is 0.447. The smallest absolute Gasteiger partial charge is 0.303 e. The Labute approximate surface area is 355 Å². The van der Waals surface area contributed by atoms with Crippen molar-refractivity contribution < 1.29 is 52.2 Å². The van der Waals surface area contributed by atoms with Crippen molar-refractivity contribution in [2.45, 2.75) is 131 Å². The number of carbonyl (C=O) groups excluding carboxylic acids is 2. The van der Waals surface area contributed by atoms with Crippen LogP contribution < -0.4 is 5.32 Å². The van der Waals surface area contributed by atoms with Crippen LogP contribution in [0.4, 0.5) is 0 Å². The van der Waals surface area contributed by atoms with Crippen molar-refractivity contribution in [1.82, 2.24) is 5.32 Å². The van der Waals surface area contributed by atoms with E-state index < -0.39 is 77.9 Å². The van der Waals surface area contributed by atoms with Gasteiger partial charge in [0.1, 0.15) is 30.5 Å². The minimum atomic E-state index is -1.47. The summed E-state index contributed by atoms with van der Waals surface area (Å²) >= 11 is 1.28. The highest BCUT2D eigenvalue weighted by molar-refractivity contribution is 8.01. The second-order valence-electron chi connectivity index (χ2n) is 16.1. The molecule has 318 valence electrons. The van der Waals surface area contributed by atoms with Crippen LogP contribution in [-0.4, -0.2) is 90.4 Å². The summed E-state index contributed by atoms with van der Waals surface area (Å²) in [4.78, 5) is 26.2. The quantitative estimate of drug-likeness (QED) is 0.120. The second-order valence-corrected chi connectivity index (χ2v) is 17.4. The van der Waals surface area contributed by atoms with E-state index in [1.54, 1.807) is 13.8 Å². The summed E-state index contributed by atoms with van der Waals surface area (Å²) < 4.78 is 59.3. The average molecular weight is 840 g/mol. The Balaban J connectivity index is 1.14. The van der Waals surface area contributed by atoms with Crippen molar-refractivity contribution in [2.24, 2.45) is 0 Å². The molecule has 12 nitrogen and oxygen atoms in total. The van der Waals surface area contributed by atoms with E-state index in [1.165, 1.54) is 18.7 Å². The molecule has 0 aromatic heterocycles. The lowest BCUT2D eigenvalue weighted by Crippen LogP contribution is -2.75. The first-order chi connectivity index (χ1) is 29.1. The van der Waals surface area contributed by atoms with Crippen molar-refractivity contribution in [2.75, 3.05) is 6.61 Å². The van der Waals surface area contributed by atoms with Crippen LogP contribution in [0, 0.1) is 0 Å². The highest BCUT2D eigenvalue weighted by Crippen LogP contribution is 2.49. The number of benzene rings is 4. The molecule has 4 aromatic carbocycles. The van der Waals surface area contributed by atoms with Gasteiger partial charge in [-0.3, -0.25) is 9.59 Å². The van der Waals surface area contributed by atoms with Crippen LogP contribution in [0.5, 0.6) is 0 Å². The van der Waals surface area contributed by atoms with Gasteiger partial charge in [-0.05, 0) is 49.6 Å². The Morgan fingerprint density at radius 2 is 1.30 bits per heavy atom. The number of hydrogen-bond acceptors (Lipinski definition) is 12. The largest absolute Gasteiger partial charge is 0.457 e. The Bertz CT molecular complexity index is 2010. The molecular formula is C47H53NO11S. The van der Waals surface area contributed by atoms with Crippen molar-refractivity contribution in [3.8, 4) is 0 Å². The molecule has 11 atom stereocenters. The molecule has 0 saturated carbocycles. The van der Waals surface area contributed by atoms with E-state index in [9.17, 15) is 9.59 Å². The summed E-state index contributed by atoms with van der Waals surface area (Å²) in [5, 5.41) is 3.20. The molecule has 5 unspecified atom stereocenters. The van der Waals surface area contributed by atoms with Gasteiger partial charge in [-0.2, -0.15) is 0 Å². The molecule has 5 aliphatic rings. The molecule has 13 heteroatoms. The van der Waals surface area contributed by atoms with Gasteiger partial charge in [-0.15, -0.1) is 0 Å². The molecule has 9 rings (SSSR count). The summed E-state index contributed by atoms with van der Waals surface area (Å²) in [6, 6.07) is 38.6. The molecule has 2 bridgehead atoms. The van der Waals surface area contributed by atoms with Crippen molar-refractivity contribution >= 4 is 23.6 Å². The molecule has 0 radical (unpaired) electrons. The number of carbonyl (C=O) groups is 2. The van der Waals surface area contributed by atoms with Gasteiger partial charge in [0.15, 0.2) is 23.1 Å². The zero-order valence-electron chi connectivity index (χ0n) is 34.3. The number of ether oxygens (including phenoxy) is 9. The molecule has 5 saturated heterocycles. The number of piperidine rings is 1. The molecule has 1 amide bonds. The van der Waals surface area contributed by atoms with Gasteiger partial charge in [0.25, 0.3) is 5.91 Å². The topological polar surface area (TPSA) is 129 Å². The van der Waals surface area contributed by atoms with E-state index in [4.69, 9.17) is 42.6 Å². The van der Waals surface area contributed by atoms with Crippen molar-refractivity contribution in [1.29, 1.82) is 0 Å². The number of thioether (sulfide) groups is 1. The highest BCUT2D eigenvalue weighted by Gasteiger charge is 2.63. The first-order valence-corrected chi connectivity index (χ1v) is 21.4. The van der Waals surface area contributed by atoms with Gasteiger partial charge in [0.05, 0.1) is 44.7 Å². The summed E-state index contributed by atoms with van der Waals surface area (Å²) in [6.07, 6.45) is -6.57. The van der Waals surface area contributed by atoms with Gasteiger partial charge in [0.2, 0.25) is 0 Å². The van der Waals surface area contributed by atoms with Gasteiger partial charge in [-0.1, -0.05) is 121 Å². The Morgan fingerprint density at radius 3 is 1.83 bits per heavy atom. The molecule has 1 N–H and O–H groups in total. The van der Waals surface area contributed by atoms with Crippen LogP contribution in [-0.2, 0) is 72.0 Å². The molecule has 0 spiro atoms. The summed E-state index contributed by atoms with van der Waals surface area (Å²) in [5.41, 5.74) is 2.96. The zero-order chi connectivity index (χ0) is 41.7. The van der Waals surface area contributed by atoms with E-state index in [0.717, 1.165) is 21.6 Å². The maximum atomic E-state index is 14.1. The third kappa shape index (κ3) is 9.97. The lowest BCUT2D eigenvalue weighted by atomic mass is 9.85. The number of morpholine rings is 1. The molecule has 5 aliphatic heterocycles. The molecule has 5 heterocycles.